The zero-order chi connectivity index (χ0) is 19.4. The van der Waals surface area contributed by atoms with Gasteiger partial charge in [0, 0.05) is 36.2 Å². The second-order valence-electron chi connectivity index (χ2n) is 6.69. The van der Waals surface area contributed by atoms with Gasteiger partial charge in [0.2, 0.25) is 0 Å². The summed E-state index contributed by atoms with van der Waals surface area (Å²) in [5, 5.41) is 4.67. The van der Waals surface area contributed by atoms with Crippen LogP contribution in [0.3, 0.4) is 0 Å². The summed E-state index contributed by atoms with van der Waals surface area (Å²) in [4.78, 5) is 14.6. The van der Waals surface area contributed by atoms with E-state index in [1.807, 2.05) is 73.3 Å². The van der Waals surface area contributed by atoms with Crippen molar-refractivity contribution >= 4 is 17.7 Å². The number of para-hydroxylation sites is 1. The standard InChI is InChI=1S/C22H25N3OS/c1-16-21(17(2)25(23-16)20-8-6-5-7-9-20)14-24(3)22(26)19-12-10-18(11-13-19)15-27-4/h5-13H,14-15H2,1-4H3. The van der Waals surface area contributed by atoms with Crippen molar-refractivity contribution in [3.63, 3.8) is 0 Å². The van der Waals surface area contributed by atoms with E-state index in [-0.39, 0.29) is 5.91 Å². The molecule has 1 aromatic heterocycles. The molecule has 1 heterocycles. The fourth-order valence-electron chi connectivity index (χ4n) is 3.16. The molecule has 2 aromatic carbocycles. The minimum absolute atomic E-state index is 0.0250. The Labute approximate surface area is 165 Å². The van der Waals surface area contributed by atoms with Crippen molar-refractivity contribution in [3.05, 3.63) is 82.7 Å². The first kappa shape index (κ1) is 19.2. The molecule has 0 fully saturated rings. The quantitative estimate of drug-likeness (QED) is 0.627. The van der Waals surface area contributed by atoms with Crippen molar-refractivity contribution in [3.8, 4) is 5.69 Å². The van der Waals surface area contributed by atoms with Gasteiger partial charge in [-0.2, -0.15) is 16.9 Å². The third-order valence-corrected chi connectivity index (χ3v) is 5.32. The molecule has 0 aliphatic carbocycles. The average molecular weight is 380 g/mol. The number of carbonyl (C=O) groups is 1. The molecule has 0 unspecified atom stereocenters. The fraction of sp³-hybridized carbons (Fsp3) is 0.273. The number of amides is 1. The number of nitrogens with zero attached hydrogens (tertiary/aromatic N) is 3. The monoisotopic (exact) mass is 379 g/mol. The van der Waals surface area contributed by atoms with E-state index < -0.39 is 0 Å². The van der Waals surface area contributed by atoms with E-state index in [2.05, 4.69) is 18.3 Å². The molecule has 0 saturated heterocycles. The van der Waals surface area contributed by atoms with Gasteiger partial charge in [0.1, 0.15) is 0 Å². The molecular weight excluding hydrogens is 354 g/mol. The number of benzene rings is 2. The number of aryl methyl sites for hydroxylation is 1. The maximum Gasteiger partial charge on any atom is 0.253 e. The second kappa shape index (κ2) is 8.44. The zero-order valence-corrected chi connectivity index (χ0v) is 17.1. The van der Waals surface area contributed by atoms with Crippen LogP contribution in [0.2, 0.25) is 0 Å². The van der Waals surface area contributed by atoms with E-state index >= 15 is 0 Å². The van der Waals surface area contributed by atoms with Gasteiger partial charge < -0.3 is 4.90 Å². The lowest BCUT2D eigenvalue weighted by atomic mass is 10.1. The predicted molar refractivity (Wildman–Crippen MR) is 112 cm³/mol. The lowest BCUT2D eigenvalue weighted by Gasteiger charge is -2.18. The van der Waals surface area contributed by atoms with Crippen molar-refractivity contribution in [2.75, 3.05) is 13.3 Å². The Balaban J connectivity index is 1.78. The van der Waals surface area contributed by atoms with Crippen molar-refractivity contribution < 1.29 is 4.79 Å². The summed E-state index contributed by atoms with van der Waals surface area (Å²) in [5.74, 6) is 0.985. The van der Waals surface area contributed by atoms with E-state index in [4.69, 9.17) is 0 Å². The van der Waals surface area contributed by atoms with Crippen LogP contribution in [0.4, 0.5) is 0 Å². The molecule has 0 aliphatic heterocycles. The van der Waals surface area contributed by atoms with Gasteiger partial charge in [-0.3, -0.25) is 4.79 Å². The van der Waals surface area contributed by atoms with Gasteiger partial charge in [0.15, 0.2) is 0 Å². The summed E-state index contributed by atoms with van der Waals surface area (Å²) < 4.78 is 1.94. The molecule has 140 valence electrons. The number of hydrogen-bond donors (Lipinski definition) is 0. The first-order valence-electron chi connectivity index (χ1n) is 8.95. The maximum absolute atomic E-state index is 12.8. The molecule has 1 amide bonds. The summed E-state index contributed by atoms with van der Waals surface area (Å²) in [7, 11) is 1.84. The van der Waals surface area contributed by atoms with Crippen LogP contribution >= 0.6 is 11.8 Å². The molecule has 0 radical (unpaired) electrons. The predicted octanol–water partition coefficient (Wildman–Crippen LogP) is 4.62. The highest BCUT2D eigenvalue weighted by Crippen LogP contribution is 2.20. The van der Waals surface area contributed by atoms with Gasteiger partial charge in [-0.05, 0) is 49.9 Å². The van der Waals surface area contributed by atoms with Gasteiger partial charge in [-0.25, -0.2) is 4.68 Å². The molecule has 3 rings (SSSR count). The van der Waals surface area contributed by atoms with Crippen molar-refractivity contribution in [2.45, 2.75) is 26.1 Å². The largest absolute Gasteiger partial charge is 0.337 e. The van der Waals surface area contributed by atoms with Gasteiger partial charge in [-0.15, -0.1) is 0 Å². The Bertz CT molecular complexity index is 917. The van der Waals surface area contributed by atoms with Crippen LogP contribution in [0.25, 0.3) is 5.69 Å². The Morgan fingerprint density at radius 3 is 2.37 bits per heavy atom. The maximum atomic E-state index is 12.8. The van der Waals surface area contributed by atoms with E-state index in [0.717, 1.165) is 28.4 Å². The summed E-state index contributed by atoms with van der Waals surface area (Å²) in [5.41, 5.74) is 6.09. The van der Waals surface area contributed by atoms with Crippen LogP contribution in [-0.2, 0) is 12.3 Å². The van der Waals surface area contributed by atoms with Gasteiger partial charge in [-0.1, -0.05) is 30.3 Å². The minimum atomic E-state index is 0.0250. The number of thioether (sulfide) groups is 1. The first-order valence-corrected chi connectivity index (χ1v) is 10.3. The van der Waals surface area contributed by atoms with Crippen LogP contribution in [0.1, 0.15) is 32.9 Å². The van der Waals surface area contributed by atoms with E-state index in [0.29, 0.717) is 12.1 Å². The Morgan fingerprint density at radius 1 is 1.07 bits per heavy atom. The highest BCUT2D eigenvalue weighted by atomic mass is 32.2. The third kappa shape index (κ3) is 4.25. The smallest absolute Gasteiger partial charge is 0.253 e. The summed E-state index contributed by atoms with van der Waals surface area (Å²) in [6.45, 7) is 4.59. The molecule has 0 aliphatic rings. The lowest BCUT2D eigenvalue weighted by Crippen LogP contribution is -2.26. The van der Waals surface area contributed by atoms with Crippen LogP contribution in [-0.4, -0.2) is 33.9 Å². The number of rotatable bonds is 6. The normalized spacial score (nSPS) is 10.8. The fourth-order valence-corrected chi connectivity index (χ4v) is 3.69. The third-order valence-electron chi connectivity index (χ3n) is 4.70. The van der Waals surface area contributed by atoms with Crippen molar-refractivity contribution in [1.82, 2.24) is 14.7 Å². The molecule has 0 spiro atoms. The average Bonchev–Trinajstić information content (AvgIpc) is 2.97. The SMILES string of the molecule is CSCc1ccc(C(=O)N(C)Cc2c(C)nn(-c3ccccc3)c2C)cc1. The molecule has 4 nitrogen and oxygen atoms in total. The molecule has 0 bridgehead atoms. The zero-order valence-electron chi connectivity index (χ0n) is 16.3. The Kier molecular flexibility index (Phi) is 6.01. The van der Waals surface area contributed by atoms with Gasteiger partial charge in [0.25, 0.3) is 5.91 Å². The molecular formula is C22H25N3OS. The number of hydrogen-bond acceptors (Lipinski definition) is 3. The highest BCUT2D eigenvalue weighted by molar-refractivity contribution is 7.97. The summed E-state index contributed by atoms with van der Waals surface area (Å²) in [6.07, 6.45) is 2.08. The van der Waals surface area contributed by atoms with Crippen LogP contribution in [0, 0.1) is 13.8 Å². The van der Waals surface area contributed by atoms with E-state index in [1.165, 1.54) is 5.56 Å². The second-order valence-corrected chi connectivity index (χ2v) is 7.55. The van der Waals surface area contributed by atoms with Gasteiger partial charge >= 0.3 is 0 Å². The minimum Gasteiger partial charge on any atom is -0.337 e. The topological polar surface area (TPSA) is 38.1 Å². The lowest BCUT2D eigenvalue weighted by molar-refractivity contribution is 0.0784. The van der Waals surface area contributed by atoms with E-state index in [9.17, 15) is 4.79 Å². The van der Waals surface area contributed by atoms with Crippen LogP contribution < -0.4 is 0 Å². The van der Waals surface area contributed by atoms with Crippen LogP contribution in [0.15, 0.2) is 54.6 Å². The van der Waals surface area contributed by atoms with Gasteiger partial charge in [0.05, 0.1) is 11.4 Å². The molecule has 3 aromatic rings. The summed E-state index contributed by atoms with van der Waals surface area (Å²) >= 11 is 1.78. The number of carbonyl (C=O) groups excluding carboxylic acids is 1. The Morgan fingerprint density at radius 2 is 1.74 bits per heavy atom. The molecule has 0 saturated carbocycles. The van der Waals surface area contributed by atoms with Crippen molar-refractivity contribution in [1.29, 1.82) is 0 Å². The molecule has 0 atom stereocenters. The molecule has 5 heteroatoms. The molecule has 0 N–H and O–H groups in total. The number of aromatic nitrogens is 2. The van der Waals surface area contributed by atoms with Crippen molar-refractivity contribution in [2.24, 2.45) is 0 Å². The Hall–Kier alpha value is -2.53. The highest BCUT2D eigenvalue weighted by Gasteiger charge is 2.18. The first-order chi connectivity index (χ1) is 13.0. The van der Waals surface area contributed by atoms with E-state index in [1.54, 1.807) is 16.7 Å². The molecule has 27 heavy (non-hydrogen) atoms. The van der Waals surface area contributed by atoms with Crippen LogP contribution in [0.5, 0.6) is 0 Å². The summed E-state index contributed by atoms with van der Waals surface area (Å²) in [6, 6.07) is 18.0.